The van der Waals surface area contributed by atoms with Gasteiger partial charge in [0.2, 0.25) is 5.91 Å². The van der Waals surface area contributed by atoms with Crippen LogP contribution < -0.4 is 4.31 Å². The molecule has 4 nitrogen and oxygen atoms in total. The highest BCUT2D eigenvalue weighted by molar-refractivity contribution is 8.00. The van der Waals surface area contributed by atoms with E-state index in [4.69, 9.17) is 4.74 Å². The van der Waals surface area contributed by atoms with Crippen molar-refractivity contribution in [3.8, 4) is 0 Å². The van der Waals surface area contributed by atoms with Crippen LogP contribution in [0.4, 0.5) is 5.69 Å². The third kappa shape index (κ3) is 3.01. The molecule has 5 heteroatoms. The molecule has 2 aromatic rings. The van der Waals surface area contributed by atoms with Gasteiger partial charge in [-0.2, -0.15) is 0 Å². The molecule has 2 heterocycles. The lowest BCUT2D eigenvalue weighted by atomic mass is 10.0. The van der Waals surface area contributed by atoms with E-state index in [9.17, 15) is 4.79 Å². The minimum absolute atomic E-state index is 0.0485. The smallest absolute Gasteiger partial charge is 0.249 e. The minimum atomic E-state index is -0.0485. The lowest BCUT2D eigenvalue weighted by Gasteiger charge is -2.33. The van der Waals surface area contributed by atoms with Crippen LogP contribution in [0, 0.1) is 0 Å². The highest BCUT2D eigenvalue weighted by Crippen LogP contribution is 2.38. The first-order chi connectivity index (χ1) is 11.7. The summed E-state index contributed by atoms with van der Waals surface area (Å²) in [5.41, 5.74) is 4.93. The number of hydrogen-bond acceptors (Lipinski definition) is 4. The number of morpholine rings is 1. The molecular formula is C19H20N2O2S. The number of benzene rings is 2. The van der Waals surface area contributed by atoms with Gasteiger partial charge in [0.25, 0.3) is 0 Å². The van der Waals surface area contributed by atoms with Crippen LogP contribution in [0.2, 0.25) is 0 Å². The second-order valence-corrected chi connectivity index (χ2v) is 7.31. The van der Waals surface area contributed by atoms with Crippen molar-refractivity contribution in [2.75, 3.05) is 24.5 Å². The lowest BCUT2D eigenvalue weighted by Crippen LogP contribution is -2.42. The fourth-order valence-electron chi connectivity index (χ4n) is 3.24. The Kier molecular flexibility index (Phi) is 4.21. The predicted molar refractivity (Wildman–Crippen MR) is 96.7 cm³/mol. The van der Waals surface area contributed by atoms with Gasteiger partial charge in [0.1, 0.15) is 12.7 Å². The van der Waals surface area contributed by atoms with Crippen molar-refractivity contribution in [2.45, 2.75) is 18.4 Å². The standard InChI is InChI=1S/C19H20N2O2S/c1-20-17-8-7-15(9-16(17)13-24-20)18-11-21(19(22)12-23-18)10-14-5-3-2-4-6-14/h2-9,18H,10-13H2,1H3. The summed E-state index contributed by atoms with van der Waals surface area (Å²) >= 11 is 1.81. The molecule has 0 aliphatic carbocycles. The molecule has 4 rings (SSSR count). The third-order valence-electron chi connectivity index (χ3n) is 4.59. The zero-order valence-electron chi connectivity index (χ0n) is 13.6. The Bertz CT molecular complexity index is 750. The maximum atomic E-state index is 12.2. The second kappa shape index (κ2) is 6.49. The third-order valence-corrected chi connectivity index (χ3v) is 5.62. The van der Waals surface area contributed by atoms with Gasteiger partial charge in [0.15, 0.2) is 0 Å². The molecule has 0 N–H and O–H groups in total. The summed E-state index contributed by atoms with van der Waals surface area (Å²) < 4.78 is 8.02. The van der Waals surface area contributed by atoms with Gasteiger partial charge >= 0.3 is 0 Å². The van der Waals surface area contributed by atoms with E-state index < -0.39 is 0 Å². The quantitative estimate of drug-likeness (QED) is 0.802. The number of rotatable bonds is 3. The number of hydrogen-bond donors (Lipinski definition) is 0. The molecule has 1 amide bonds. The maximum absolute atomic E-state index is 12.2. The van der Waals surface area contributed by atoms with Gasteiger partial charge in [0, 0.05) is 19.3 Å². The van der Waals surface area contributed by atoms with E-state index in [1.54, 1.807) is 0 Å². The molecule has 2 aliphatic heterocycles. The molecule has 0 aromatic heterocycles. The van der Waals surface area contributed by atoms with Gasteiger partial charge in [-0.3, -0.25) is 4.79 Å². The van der Waals surface area contributed by atoms with E-state index >= 15 is 0 Å². The van der Waals surface area contributed by atoms with E-state index in [0.29, 0.717) is 13.1 Å². The SMILES string of the molecule is CN1SCc2cc(C3CN(Cc4ccccc4)C(=O)CO3)ccc21. The van der Waals surface area contributed by atoms with Gasteiger partial charge in [-0.15, -0.1) is 0 Å². The Morgan fingerprint density at radius 1 is 1.21 bits per heavy atom. The summed E-state index contributed by atoms with van der Waals surface area (Å²) in [6.45, 7) is 1.40. The monoisotopic (exact) mass is 340 g/mol. The number of carbonyl (C=O) groups is 1. The molecule has 24 heavy (non-hydrogen) atoms. The Morgan fingerprint density at radius 2 is 2.04 bits per heavy atom. The summed E-state index contributed by atoms with van der Waals surface area (Å²) in [6, 6.07) is 16.6. The maximum Gasteiger partial charge on any atom is 0.249 e. The number of carbonyl (C=O) groups excluding carboxylic acids is 1. The number of ether oxygens (including phenoxy) is 1. The molecule has 0 spiro atoms. The Morgan fingerprint density at radius 3 is 2.88 bits per heavy atom. The summed E-state index contributed by atoms with van der Waals surface area (Å²) in [5.74, 6) is 1.06. The van der Waals surface area contributed by atoms with Crippen LogP contribution in [0.5, 0.6) is 0 Å². The Labute approximate surface area is 146 Å². The van der Waals surface area contributed by atoms with Gasteiger partial charge in [-0.1, -0.05) is 42.5 Å². The topological polar surface area (TPSA) is 32.8 Å². The summed E-state index contributed by atoms with van der Waals surface area (Å²) in [5, 5.41) is 0. The van der Waals surface area contributed by atoms with Gasteiger partial charge < -0.3 is 13.9 Å². The normalized spacial score (nSPS) is 20.4. The van der Waals surface area contributed by atoms with E-state index in [1.807, 2.05) is 35.0 Å². The molecular weight excluding hydrogens is 320 g/mol. The molecule has 1 unspecified atom stereocenters. The highest BCUT2D eigenvalue weighted by Gasteiger charge is 2.28. The highest BCUT2D eigenvalue weighted by atomic mass is 32.2. The van der Waals surface area contributed by atoms with E-state index in [0.717, 1.165) is 16.9 Å². The Balaban J connectivity index is 1.51. The van der Waals surface area contributed by atoms with Crippen molar-refractivity contribution in [3.63, 3.8) is 0 Å². The van der Waals surface area contributed by atoms with Crippen LogP contribution in [0.15, 0.2) is 48.5 Å². The van der Waals surface area contributed by atoms with E-state index in [1.165, 1.54) is 11.3 Å². The molecule has 2 aliphatic rings. The molecule has 2 aromatic carbocycles. The van der Waals surface area contributed by atoms with Crippen molar-refractivity contribution in [1.29, 1.82) is 0 Å². The molecule has 0 radical (unpaired) electrons. The van der Waals surface area contributed by atoms with Crippen molar-refractivity contribution in [1.82, 2.24) is 4.90 Å². The zero-order valence-corrected chi connectivity index (χ0v) is 14.5. The van der Waals surface area contributed by atoms with Gasteiger partial charge in [0.05, 0.1) is 12.2 Å². The van der Waals surface area contributed by atoms with Crippen molar-refractivity contribution < 1.29 is 9.53 Å². The summed E-state index contributed by atoms with van der Waals surface area (Å²) in [7, 11) is 2.09. The van der Waals surface area contributed by atoms with Gasteiger partial charge in [-0.25, -0.2) is 0 Å². The largest absolute Gasteiger partial charge is 0.362 e. The van der Waals surface area contributed by atoms with Crippen LogP contribution in [-0.2, 0) is 21.8 Å². The molecule has 0 bridgehead atoms. The van der Waals surface area contributed by atoms with E-state index in [2.05, 4.69) is 41.7 Å². The van der Waals surface area contributed by atoms with Crippen LogP contribution >= 0.6 is 11.9 Å². The number of nitrogens with zero attached hydrogens (tertiary/aromatic N) is 2. The fourth-order valence-corrected chi connectivity index (χ4v) is 4.12. The second-order valence-electron chi connectivity index (χ2n) is 6.22. The molecule has 0 saturated carbocycles. The van der Waals surface area contributed by atoms with Crippen LogP contribution in [0.3, 0.4) is 0 Å². The lowest BCUT2D eigenvalue weighted by molar-refractivity contribution is -0.150. The van der Waals surface area contributed by atoms with E-state index in [-0.39, 0.29) is 18.6 Å². The van der Waals surface area contributed by atoms with Gasteiger partial charge in [-0.05, 0) is 34.7 Å². The minimum Gasteiger partial charge on any atom is -0.362 e. The fraction of sp³-hybridized carbons (Fsp3) is 0.316. The number of anilines is 1. The predicted octanol–water partition coefficient (Wildman–Crippen LogP) is 3.38. The summed E-state index contributed by atoms with van der Waals surface area (Å²) in [4.78, 5) is 14.1. The number of fused-ring (bicyclic) bond motifs is 1. The van der Waals surface area contributed by atoms with Crippen molar-refractivity contribution >= 4 is 23.5 Å². The first kappa shape index (κ1) is 15.5. The van der Waals surface area contributed by atoms with Crippen LogP contribution in [0.1, 0.15) is 22.8 Å². The molecule has 1 saturated heterocycles. The summed E-state index contributed by atoms with van der Waals surface area (Å²) in [6.07, 6.45) is -0.0485. The average molecular weight is 340 g/mol. The van der Waals surface area contributed by atoms with Crippen LogP contribution in [-0.4, -0.2) is 31.0 Å². The Hall–Kier alpha value is -1.98. The first-order valence-corrected chi connectivity index (χ1v) is 9.08. The zero-order chi connectivity index (χ0) is 16.5. The van der Waals surface area contributed by atoms with Crippen LogP contribution in [0.25, 0.3) is 0 Å². The van der Waals surface area contributed by atoms with Crippen molar-refractivity contribution in [2.24, 2.45) is 0 Å². The molecule has 1 atom stereocenters. The van der Waals surface area contributed by atoms with Crippen molar-refractivity contribution in [3.05, 3.63) is 65.2 Å². The molecule has 124 valence electrons. The number of amides is 1. The molecule has 1 fully saturated rings. The average Bonchev–Trinajstić information content (AvgIpc) is 2.98. The first-order valence-electron chi connectivity index (χ1n) is 8.13.